The smallest absolute Gasteiger partial charge is 0.373 e. The fraction of sp³-hybridized carbons (Fsp3) is 0.529. The Bertz CT molecular complexity index is 905. The number of unbranched alkanes of at least 4 members (excludes halogenated alkanes) is 10. The van der Waals surface area contributed by atoms with Gasteiger partial charge in [0, 0.05) is 6.42 Å². The molecule has 0 atom stereocenters. The molecule has 0 N–H and O–H groups in total. The van der Waals surface area contributed by atoms with Crippen LogP contribution in [-0.2, 0) is 19.6 Å². The van der Waals surface area contributed by atoms with E-state index in [1.807, 2.05) is 0 Å². The molecule has 0 aliphatic carbocycles. The van der Waals surface area contributed by atoms with Crippen LogP contribution in [0, 0.1) is 13.2 Å². The molecule has 8 nitrogen and oxygen atoms in total. The highest BCUT2D eigenvalue weighted by molar-refractivity contribution is 5.89. The minimum Gasteiger partial charge on any atom is -0.494 e. The maximum Gasteiger partial charge on any atom is 0.373 e. The summed E-state index contributed by atoms with van der Waals surface area (Å²) in [7, 11) is 0. The van der Waals surface area contributed by atoms with E-state index in [1.54, 1.807) is 48.5 Å². The van der Waals surface area contributed by atoms with Gasteiger partial charge in [0.15, 0.2) is 0 Å². The Morgan fingerprint density at radius 3 is 1.36 bits per heavy atom. The molecule has 8 heteroatoms. The molecule has 232 valence electrons. The van der Waals surface area contributed by atoms with Crippen LogP contribution in [0.25, 0.3) is 0 Å². The molecule has 42 heavy (non-hydrogen) atoms. The zero-order valence-electron chi connectivity index (χ0n) is 25.4. The van der Waals surface area contributed by atoms with Gasteiger partial charge in [0.05, 0.1) is 24.3 Å². The van der Waals surface area contributed by atoms with E-state index in [-0.39, 0.29) is 17.4 Å². The molecule has 0 aromatic heterocycles. The quantitative estimate of drug-likeness (QED) is 0.0685. The minimum atomic E-state index is -0.705. The number of hydrogen-bond donors (Lipinski definition) is 0. The molecule has 2 radical (unpaired) electrons. The lowest BCUT2D eigenvalue weighted by Gasteiger charge is -2.14. The van der Waals surface area contributed by atoms with E-state index in [0.29, 0.717) is 31.1 Å². The second-order valence-electron chi connectivity index (χ2n) is 10.2. The Morgan fingerprint density at radius 2 is 0.952 bits per heavy atom. The molecule has 0 amide bonds. The SMILES string of the molecule is [CH2]CCCCCCCCCC[C](OOC(=O)c1ccc(OCCCC)cc1)OOC(=O)c1ccc(OCCCC)cc1. The number of benzene rings is 2. The Kier molecular flexibility index (Phi) is 18.8. The molecule has 0 spiro atoms. The van der Waals surface area contributed by atoms with Crippen LogP contribution in [-0.4, -0.2) is 25.2 Å². The molecule has 0 bridgehead atoms. The molecule has 0 unspecified atom stereocenters. The van der Waals surface area contributed by atoms with Crippen LogP contribution >= 0.6 is 0 Å². The third-order valence-corrected chi connectivity index (χ3v) is 6.51. The minimum absolute atomic E-state index is 0.105. The van der Waals surface area contributed by atoms with Crippen molar-refractivity contribution in [2.75, 3.05) is 13.2 Å². The van der Waals surface area contributed by atoms with E-state index < -0.39 is 11.9 Å². The van der Waals surface area contributed by atoms with Gasteiger partial charge in [0.25, 0.3) is 0 Å². The van der Waals surface area contributed by atoms with Gasteiger partial charge >= 0.3 is 18.2 Å². The van der Waals surface area contributed by atoms with Crippen molar-refractivity contribution in [1.82, 2.24) is 0 Å². The van der Waals surface area contributed by atoms with Crippen molar-refractivity contribution in [2.24, 2.45) is 0 Å². The number of rotatable bonds is 24. The Hall–Kier alpha value is -3.10. The van der Waals surface area contributed by atoms with Crippen molar-refractivity contribution in [3.05, 3.63) is 72.9 Å². The van der Waals surface area contributed by atoms with E-state index in [0.717, 1.165) is 57.8 Å². The van der Waals surface area contributed by atoms with Crippen LogP contribution in [0.3, 0.4) is 0 Å². The summed E-state index contributed by atoms with van der Waals surface area (Å²) in [5.41, 5.74) is 0.573. The van der Waals surface area contributed by atoms with E-state index >= 15 is 0 Å². The topological polar surface area (TPSA) is 89.5 Å². The highest BCUT2D eigenvalue weighted by atomic mass is 17.3. The van der Waals surface area contributed by atoms with Crippen LogP contribution in [0.1, 0.15) is 124 Å². The molecule has 0 fully saturated rings. The summed E-state index contributed by atoms with van der Waals surface area (Å²) < 4.78 is 11.3. The van der Waals surface area contributed by atoms with Crippen LogP contribution in [0.2, 0.25) is 0 Å². The summed E-state index contributed by atoms with van der Waals surface area (Å²) in [4.78, 5) is 45.5. The third-order valence-electron chi connectivity index (χ3n) is 6.51. The van der Waals surface area contributed by atoms with Crippen molar-refractivity contribution in [3.8, 4) is 11.5 Å². The Labute approximate surface area is 251 Å². The van der Waals surface area contributed by atoms with Crippen LogP contribution in [0.15, 0.2) is 48.5 Å². The molecule has 2 rings (SSSR count). The molecule has 2 aromatic rings. The number of ether oxygens (including phenoxy) is 2. The van der Waals surface area contributed by atoms with Crippen LogP contribution in [0.4, 0.5) is 0 Å². The van der Waals surface area contributed by atoms with Gasteiger partial charge in [-0.05, 0) is 67.8 Å². The van der Waals surface area contributed by atoms with Gasteiger partial charge in [-0.25, -0.2) is 9.59 Å². The van der Waals surface area contributed by atoms with Crippen molar-refractivity contribution < 1.29 is 38.6 Å². The lowest BCUT2D eigenvalue weighted by atomic mass is 10.1. The summed E-state index contributed by atoms with van der Waals surface area (Å²) in [6, 6.07) is 13.2. The standard InChI is InChI=1S/C34H48O8/c1-4-7-10-11-12-13-14-15-16-17-32(39-41-33(35)28-18-22-30(23-19-28)37-26-8-5-2)40-42-34(36)29-20-24-31(25-21-29)38-27-9-6-3/h18-25H,1,4-17,26-27H2,2-3H3. The first-order chi connectivity index (χ1) is 20.6. The monoisotopic (exact) mass is 584 g/mol. The fourth-order valence-corrected chi connectivity index (χ4v) is 3.91. The van der Waals surface area contributed by atoms with Crippen molar-refractivity contribution in [2.45, 2.75) is 104 Å². The van der Waals surface area contributed by atoms with Crippen LogP contribution in [0.5, 0.6) is 11.5 Å². The van der Waals surface area contributed by atoms with Crippen molar-refractivity contribution >= 4 is 11.9 Å². The highest BCUT2D eigenvalue weighted by Crippen LogP contribution is 2.21. The second-order valence-corrected chi connectivity index (χ2v) is 10.2. The van der Waals surface area contributed by atoms with E-state index in [4.69, 9.17) is 29.0 Å². The summed E-state index contributed by atoms with van der Waals surface area (Å²) in [6.07, 6.45) is 13.9. The zero-order valence-corrected chi connectivity index (χ0v) is 25.4. The summed E-state index contributed by atoms with van der Waals surface area (Å²) in [5.74, 6) is -0.0652. The van der Waals surface area contributed by atoms with Gasteiger partial charge in [0.2, 0.25) is 0 Å². The van der Waals surface area contributed by atoms with Crippen molar-refractivity contribution in [1.29, 1.82) is 0 Å². The average Bonchev–Trinajstić information content (AvgIpc) is 3.01. The maximum absolute atomic E-state index is 12.5. The predicted octanol–water partition coefficient (Wildman–Crippen LogP) is 9.15. The first-order valence-electron chi connectivity index (χ1n) is 15.5. The van der Waals surface area contributed by atoms with Crippen LogP contribution < -0.4 is 9.47 Å². The Balaban J connectivity index is 1.85. The summed E-state index contributed by atoms with van der Waals surface area (Å²) >= 11 is 0. The van der Waals surface area contributed by atoms with Gasteiger partial charge in [0.1, 0.15) is 11.5 Å². The van der Waals surface area contributed by atoms with E-state index in [9.17, 15) is 9.59 Å². The number of carbonyl (C=O) groups is 2. The summed E-state index contributed by atoms with van der Waals surface area (Å²) in [5, 5.41) is 0. The first kappa shape index (κ1) is 35.1. The van der Waals surface area contributed by atoms with Gasteiger partial charge < -0.3 is 9.47 Å². The van der Waals surface area contributed by atoms with Gasteiger partial charge in [-0.2, -0.15) is 0 Å². The largest absolute Gasteiger partial charge is 0.494 e. The molecule has 2 aromatic carbocycles. The van der Waals surface area contributed by atoms with Crippen molar-refractivity contribution in [3.63, 3.8) is 0 Å². The van der Waals surface area contributed by atoms with Gasteiger partial charge in [-0.15, -0.1) is 9.78 Å². The lowest BCUT2D eigenvalue weighted by molar-refractivity contribution is -0.363. The summed E-state index contributed by atoms with van der Waals surface area (Å²) in [6.45, 7) is 9.30. The van der Waals surface area contributed by atoms with Gasteiger partial charge in [-0.3, -0.25) is 9.78 Å². The molecule has 0 aliphatic rings. The number of carbonyl (C=O) groups excluding carboxylic acids is 2. The molecule has 0 heterocycles. The molecule has 0 saturated carbocycles. The zero-order chi connectivity index (χ0) is 30.3. The van der Waals surface area contributed by atoms with E-state index in [2.05, 4.69) is 20.8 Å². The Morgan fingerprint density at radius 1 is 0.548 bits per heavy atom. The second kappa shape index (κ2) is 22.5. The maximum atomic E-state index is 12.5. The first-order valence-corrected chi connectivity index (χ1v) is 15.5. The van der Waals surface area contributed by atoms with E-state index in [1.165, 1.54) is 25.7 Å². The average molecular weight is 585 g/mol. The number of hydrogen-bond acceptors (Lipinski definition) is 8. The highest BCUT2D eigenvalue weighted by Gasteiger charge is 2.21. The fourth-order valence-electron chi connectivity index (χ4n) is 3.91. The molecular formula is C34H48O8. The molecule has 0 saturated heterocycles. The normalized spacial score (nSPS) is 11.0. The molecular weight excluding hydrogens is 536 g/mol. The van der Waals surface area contributed by atoms with Gasteiger partial charge in [-0.1, -0.05) is 85.0 Å². The lowest BCUT2D eigenvalue weighted by Crippen LogP contribution is -2.16. The molecule has 0 aliphatic heterocycles. The third kappa shape index (κ3) is 15.2. The predicted molar refractivity (Wildman–Crippen MR) is 161 cm³/mol.